The predicted octanol–water partition coefficient (Wildman–Crippen LogP) is 0.701. The van der Waals surface area contributed by atoms with Crippen LogP contribution >= 0.6 is 0 Å². The van der Waals surface area contributed by atoms with Crippen LogP contribution in [0.15, 0.2) is 0 Å². The maximum atomic E-state index is 10.4. The van der Waals surface area contributed by atoms with Gasteiger partial charge in [-0.2, -0.15) is 0 Å². The van der Waals surface area contributed by atoms with E-state index in [-0.39, 0.29) is 17.4 Å². The van der Waals surface area contributed by atoms with Crippen LogP contribution in [0.25, 0.3) is 0 Å². The van der Waals surface area contributed by atoms with Crippen molar-refractivity contribution in [1.29, 1.82) is 0 Å². The lowest BCUT2D eigenvalue weighted by atomic mass is 10.0. The molecule has 0 saturated heterocycles. The van der Waals surface area contributed by atoms with Crippen molar-refractivity contribution in [2.75, 3.05) is 7.05 Å². The number of carbonyl (C=O) groups excluding carboxylic acids is 2. The Morgan fingerprint density at radius 1 is 1.50 bits per heavy atom. The summed E-state index contributed by atoms with van der Waals surface area (Å²) in [6.45, 7) is 7.43. The largest absolute Gasteiger partial charge is 0.359 e. The normalized spacial score (nSPS) is 12.1. The first-order valence-electron chi connectivity index (χ1n) is 4.65. The van der Waals surface area contributed by atoms with Crippen molar-refractivity contribution in [1.82, 2.24) is 5.32 Å². The van der Waals surface area contributed by atoms with Crippen molar-refractivity contribution in [3.8, 4) is 0 Å². The van der Waals surface area contributed by atoms with Gasteiger partial charge in [0.2, 0.25) is 5.91 Å². The minimum absolute atomic E-state index is 0.000000000000000222. The van der Waals surface area contributed by atoms with Crippen LogP contribution in [0, 0.1) is 5.41 Å². The average molecular weight is 202 g/mol. The quantitative estimate of drug-likeness (QED) is 0.647. The molecule has 3 N–H and O–H groups in total. The van der Waals surface area contributed by atoms with Crippen molar-refractivity contribution >= 4 is 12.2 Å². The lowest BCUT2D eigenvalue weighted by Crippen LogP contribution is -2.26. The second-order valence-electron chi connectivity index (χ2n) is 4.34. The summed E-state index contributed by atoms with van der Waals surface area (Å²) in [5, 5.41) is 2.48. The molecule has 0 aromatic carbocycles. The number of carbonyl (C=O) groups is 2. The zero-order valence-electron chi connectivity index (χ0n) is 9.76. The van der Waals surface area contributed by atoms with Crippen LogP contribution in [0.2, 0.25) is 0 Å². The van der Waals surface area contributed by atoms with E-state index in [0.29, 0.717) is 6.42 Å². The van der Waals surface area contributed by atoms with E-state index in [1.807, 2.05) is 20.8 Å². The Morgan fingerprint density at radius 2 is 1.86 bits per heavy atom. The molecule has 0 spiro atoms. The number of aldehydes is 1. The third-order valence-electron chi connectivity index (χ3n) is 1.14. The summed E-state index contributed by atoms with van der Waals surface area (Å²) in [4.78, 5) is 20.3. The molecule has 0 fully saturated rings. The maximum Gasteiger partial charge on any atom is 0.221 e. The molecule has 4 nitrogen and oxygen atoms in total. The summed E-state index contributed by atoms with van der Waals surface area (Å²) in [6.07, 6.45) is 1.35. The number of nitrogens with two attached hydrogens (primary N) is 1. The van der Waals surface area contributed by atoms with Gasteiger partial charge >= 0.3 is 0 Å². The number of rotatable bonds is 2. The minimum atomic E-state index is -0.139. The molecular weight excluding hydrogens is 180 g/mol. The predicted molar refractivity (Wildman–Crippen MR) is 57.9 cm³/mol. The first-order valence-corrected chi connectivity index (χ1v) is 4.65. The highest BCUT2D eigenvalue weighted by Gasteiger charge is 2.04. The molecule has 1 atom stereocenters. The van der Waals surface area contributed by atoms with Crippen molar-refractivity contribution < 1.29 is 9.59 Å². The molecule has 14 heavy (non-hydrogen) atoms. The van der Waals surface area contributed by atoms with Gasteiger partial charge in [0.25, 0.3) is 0 Å². The van der Waals surface area contributed by atoms with Crippen LogP contribution in [-0.2, 0) is 9.59 Å². The van der Waals surface area contributed by atoms with E-state index in [0.717, 1.165) is 6.29 Å². The zero-order chi connectivity index (χ0) is 11.8. The Kier molecular flexibility index (Phi) is 8.34. The fourth-order valence-electron chi connectivity index (χ4n) is 0.394. The van der Waals surface area contributed by atoms with Gasteiger partial charge in [-0.1, -0.05) is 20.8 Å². The van der Waals surface area contributed by atoms with E-state index in [2.05, 4.69) is 5.32 Å². The van der Waals surface area contributed by atoms with Crippen LogP contribution in [0.4, 0.5) is 0 Å². The van der Waals surface area contributed by atoms with Crippen molar-refractivity contribution in [3.63, 3.8) is 0 Å². The molecule has 0 rings (SSSR count). The number of nitrogens with one attached hydrogen (secondary N) is 1. The smallest absolute Gasteiger partial charge is 0.221 e. The van der Waals surface area contributed by atoms with Gasteiger partial charge in [0.1, 0.15) is 6.29 Å². The SMILES string of the molecule is CC(C)(C)C=O.CNC(=O)CC(C)N. The Morgan fingerprint density at radius 3 is 1.93 bits per heavy atom. The molecule has 0 aromatic heterocycles. The van der Waals surface area contributed by atoms with Crippen LogP contribution in [0.5, 0.6) is 0 Å². The van der Waals surface area contributed by atoms with Crippen LogP contribution < -0.4 is 11.1 Å². The molecule has 0 radical (unpaired) electrons. The van der Waals surface area contributed by atoms with Gasteiger partial charge in [-0.15, -0.1) is 0 Å². The van der Waals surface area contributed by atoms with Crippen molar-refractivity contribution in [3.05, 3.63) is 0 Å². The first kappa shape index (κ1) is 15.6. The molecule has 0 saturated carbocycles. The molecule has 0 aliphatic carbocycles. The molecule has 0 aliphatic heterocycles. The fourth-order valence-corrected chi connectivity index (χ4v) is 0.394. The molecule has 1 unspecified atom stereocenters. The summed E-state index contributed by atoms with van der Waals surface area (Å²) in [7, 11) is 1.60. The number of hydrogen-bond donors (Lipinski definition) is 2. The summed E-state index contributed by atoms with van der Waals surface area (Å²) < 4.78 is 0. The Labute approximate surface area is 86.2 Å². The lowest BCUT2D eigenvalue weighted by molar-refractivity contribution is -0.120. The van der Waals surface area contributed by atoms with Gasteiger partial charge in [-0.05, 0) is 6.92 Å². The molecule has 84 valence electrons. The monoisotopic (exact) mass is 202 g/mol. The van der Waals surface area contributed by atoms with E-state index in [1.54, 1.807) is 14.0 Å². The van der Waals surface area contributed by atoms with E-state index < -0.39 is 0 Å². The van der Waals surface area contributed by atoms with Crippen LogP contribution in [0.1, 0.15) is 34.1 Å². The van der Waals surface area contributed by atoms with Gasteiger partial charge in [-0.25, -0.2) is 0 Å². The Bertz CT molecular complexity index is 171. The summed E-state index contributed by atoms with van der Waals surface area (Å²) in [5.74, 6) is 0.000000000000000222. The van der Waals surface area contributed by atoms with Gasteiger partial charge < -0.3 is 15.8 Å². The van der Waals surface area contributed by atoms with Gasteiger partial charge in [-0.3, -0.25) is 4.79 Å². The second kappa shape index (κ2) is 7.50. The second-order valence-corrected chi connectivity index (χ2v) is 4.34. The highest BCUT2D eigenvalue weighted by Crippen LogP contribution is 2.05. The van der Waals surface area contributed by atoms with E-state index >= 15 is 0 Å². The molecule has 4 heteroatoms. The first-order chi connectivity index (χ1) is 6.22. The van der Waals surface area contributed by atoms with Crippen molar-refractivity contribution in [2.24, 2.45) is 11.1 Å². The van der Waals surface area contributed by atoms with E-state index in [4.69, 9.17) is 5.73 Å². The molecule has 1 amide bonds. The van der Waals surface area contributed by atoms with Crippen molar-refractivity contribution in [2.45, 2.75) is 40.2 Å². The fraction of sp³-hybridized carbons (Fsp3) is 0.800. The summed E-state index contributed by atoms with van der Waals surface area (Å²) >= 11 is 0. The Balaban J connectivity index is 0. The summed E-state index contributed by atoms with van der Waals surface area (Å²) in [6, 6.07) is -0.0325. The molecule has 0 bridgehead atoms. The third-order valence-corrected chi connectivity index (χ3v) is 1.14. The highest BCUT2D eigenvalue weighted by atomic mass is 16.1. The average Bonchev–Trinajstić information content (AvgIpc) is 2.03. The van der Waals surface area contributed by atoms with E-state index in [9.17, 15) is 9.59 Å². The molecule has 0 heterocycles. The standard InChI is InChI=1S/C5H12N2O.C5H10O/c1-4(6)3-5(8)7-2;1-5(2,3)4-6/h4H,3,6H2,1-2H3,(H,7,8);4H,1-3H3. The van der Waals surface area contributed by atoms with Gasteiger partial charge in [0.05, 0.1) is 0 Å². The minimum Gasteiger partial charge on any atom is -0.359 e. The molecular formula is C10H22N2O2. The lowest BCUT2D eigenvalue weighted by Gasteiger charge is -2.03. The highest BCUT2D eigenvalue weighted by molar-refractivity contribution is 5.76. The maximum absolute atomic E-state index is 10.4. The Hall–Kier alpha value is -0.900. The molecule has 0 aliphatic rings. The molecule has 0 aromatic rings. The summed E-state index contributed by atoms with van der Waals surface area (Å²) in [5.41, 5.74) is 5.17. The van der Waals surface area contributed by atoms with Gasteiger partial charge in [0, 0.05) is 24.9 Å². The van der Waals surface area contributed by atoms with Crippen LogP contribution in [-0.4, -0.2) is 25.3 Å². The van der Waals surface area contributed by atoms with E-state index in [1.165, 1.54) is 0 Å². The number of amides is 1. The number of hydrogen-bond acceptors (Lipinski definition) is 3. The topological polar surface area (TPSA) is 72.2 Å². The van der Waals surface area contributed by atoms with Gasteiger partial charge in [0.15, 0.2) is 0 Å². The third kappa shape index (κ3) is 17.3. The van der Waals surface area contributed by atoms with Crippen LogP contribution in [0.3, 0.4) is 0 Å². The zero-order valence-corrected chi connectivity index (χ0v) is 9.76.